The van der Waals surface area contributed by atoms with Crippen molar-refractivity contribution >= 4 is 46.5 Å². The topological polar surface area (TPSA) is 220 Å². The molecule has 16 heteroatoms. The van der Waals surface area contributed by atoms with Crippen LogP contribution in [0.4, 0.5) is 10.2 Å². The van der Waals surface area contributed by atoms with Crippen LogP contribution in [-0.2, 0) is 31.3 Å². The summed E-state index contributed by atoms with van der Waals surface area (Å²) in [6, 6.07) is 12.2. The van der Waals surface area contributed by atoms with Gasteiger partial charge in [0.15, 0.2) is 11.5 Å². The molecule has 0 spiro atoms. The minimum Gasteiger partial charge on any atom is -0.479 e. The third kappa shape index (κ3) is 5.34. The second-order valence-corrected chi connectivity index (χ2v) is 10.1. The highest BCUT2D eigenvalue weighted by Gasteiger charge is 2.55. The first kappa shape index (κ1) is 29.8. The Kier molecular flexibility index (Phi) is 7.74. The molecule has 4 aromatic rings. The van der Waals surface area contributed by atoms with Crippen molar-refractivity contribution in [2.45, 2.75) is 30.0 Å². The Hall–Kier alpha value is -4.70. The second kappa shape index (κ2) is 11.2. The predicted octanol–water partition coefficient (Wildman–Crippen LogP) is 1.98. The minimum absolute atomic E-state index is 0.0182. The van der Waals surface area contributed by atoms with E-state index >= 15 is 4.39 Å². The van der Waals surface area contributed by atoms with Gasteiger partial charge in [-0.05, 0) is 40.4 Å². The number of aromatic nitrogens is 4. The van der Waals surface area contributed by atoms with Crippen molar-refractivity contribution in [3.63, 3.8) is 0 Å². The lowest BCUT2D eigenvalue weighted by molar-refractivity contribution is -0.188. The van der Waals surface area contributed by atoms with Gasteiger partial charge in [0.1, 0.15) is 24.3 Å². The van der Waals surface area contributed by atoms with Crippen molar-refractivity contribution in [2.75, 3.05) is 18.9 Å². The molecule has 0 saturated carbocycles. The molecular formula is C27H23ClFN5O9. The lowest BCUT2D eigenvalue weighted by Crippen LogP contribution is -2.53. The highest BCUT2D eigenvalue weighted by atomic mass is 35.5. The number of anilines is 1. The number of ether oxygens (including phenoxy) is 2. The maximum atomic E-state index is 16.1. The normalized spacial score (nSPS) is 20.3. The van der Waals surface area contributed by atoms with Gasteiger partial charge in [0.05, 0.1) is 18.5 Å². The van der Waals surface area contributed by atoms with E-state index in [0.29, 0.717) is 11.1 Å². The van der Waals surface area contributed by atoms with Crippen molar-refractivity contribution in [3.05, 3.63) is 71.3 Å². The van der Waals surface area contributed by atoms with Crippen LogP contribution in [0.15, 0.2) is 54.9 Å². The van der Waals surface area contributed by atoms with E-state index in [9.17, 15) is 34.8 Å². The number of rotatable bonds is 10. The van der Waals surface area contributed by atoms with Gasteiger partial charge in [0, 0.05) is 6.42 Å². The molecule has 2 aromatic heterocycles. The number of nitrogen functional groups attached to an aromatic ring is 1. The maximum absolute atomic E-state index is 16.1. The SMILES string of the molecule is Nc1nc(Cl)nc2c1ncn2C1(F)CO[C@H](COC(Cc2ccc(-c3cccc(C(=O)O)c3)cc2)(C(=O)O)C(=O)O)[C@H]1O. The van der Waals surface area contributed by atoms with Gasteiger partial charge < -0.3 is 35.6 Å². The Morgan fingerprint density at radius 1 is 1.12 bits per heavy atom. The average molecular weight is 616 g/mol. The molecule has 0 aliphatic carbocycles. The quantitative estimate of drug-likeness (QED) is 0.127. The number of hydrogen-bond donors (Lipinski definition) is 5. The molecule has 0 amide bonds. The molecular weight excluding hydrogens is 593 g/mol. The zero-order valence-electron chi connectivity index (χ0n) is 21.9. The van der Waals surface area contributed by atoms with Crippen molar-refractivity contribution in [1.82, 2.24) is 19.5 Å². The van der Waals surface area contributed by atoms with Crippen molar-refractivity contribution in [1.29, 1.82) is 0 Å². The number of aliphatic hydroxyl groups excluding tert-OH is 1. The van der Waals surface area contributed by atoms with Gasteiger partial charge in [-0.15, -0.1) is 0 Å². The van der Waals surface area contributed by atoms with Crippen LogP contribution < -0.4 is 5.73 Å². The number of nitrogens with zero attached hydrogens (tertiary/aromatic N) is 4. The number of imidazole rings is 1. The monoisotopic (exact) mass is 615 g/mol. The Morgan fingerprint density at radius 3 is 2.47 bits per heavy atom. The first-order valence-corrected chi connectivity index (χ1v) is 12.9. The smallest absolute Gasteiger partial charge is 0.348 e. The van der Waals surface area contributed by atoms with Gasteiger partial charge in [-0.2, -0.15) is 9.97 Å². The van der Waals surface area contributed by atoms with Crippen LogP contribution in [0.2, 0.25) is 5.28 Å². The number of halogens is 2. The molecule has 224 valence electrons. The summed E-state index contributed by atoms with van der Waals surface area (Å²) in [6.45, 7) is -1.55. The fourth-order valence-electron chi connectivity index (χ4n) is 4.78. The number of fused-ring (bicyclic) bond motifs is 1. The largest absolute Gasteiger partial charge is 0.479 e. The average Bonchev–Trinajstić information content (AvgIpc) is 3.52. The van der Waals surface area contributed by atoms with E-state index < -0.39 is 61.1 Å². The summed E-state index contributed by atoms with van der Waals surface area (Å²) < 4.78 is 27.8. The number of aliphatic carboxylic acids is 2. The van der Waals surface area contributed by atoms with E-state index in [2.05, 4.69) is 15.0 Å². The highest BCUT2D eigenvalue weighted by Crippen LogP contribution is 2.37. The number of aromatic carboxylic acids is 1. The highest BCUT2D eigenvalue weighted by molar-refractivity contribution is 6.28. The molecule has 6 N–H and O–H groups in total. The molecule has 3 atom stereocenters. The number of aliphatic hydroxyl groups is 1. The Morgan fingerprint density at radius 2 is 1.81 bits per heavy atom. The van der Waals surface area contributed by atoms with Crippen molar-refractivity contribution in [2.24, 2.45) is 0 Å². The summed E-state index contributed by atoms with van der Waals surface area (Å²) in [5.74, 6) is -7.57. The molecule has 2 aromatic carbocycles. The van der Waals surface area contributed by atoms with Crippen molar-refractivity contribution < 1.29 is 48.7 Å². The molecule has 14 nitrogen and oxygen atoms in total. The molecule has 3 heterocycles. The van der Waals surface area contributed by atoms with E-state index in [-0.39, 0.29) is 33.4 Å². The third-order valence-electron chi connectivity index (χ3n) is 7.14. The number of carbonyl (C=O) groups is 3. The van der Waals surface area contributed by atoms with E-state index in [1.54, 1.807) is 24.3 Å². The number of benzene rings is 2. The summed E-state index contributed by atoms with van der Waals surface area (Å²) in [6.07, 6.45) is -3.08. The minimum atomic E-state index is -2.83. The fraction of sp³-hybridized carbons (Fsp3) is 0.259. The van der Waals surface area contributed by atoms with Gasteiger partial charge >= 0.3 is 17.9 Å². The summed E-state index contributed by atoms with van der Waals surface area (Å²) >= 11 is 5.84. The molecule has 1 unspecified atom stereocenters. The molecule has 0 bridgehead atoms. The van der Waals surface area contributed by atoms with E-state index in [4.69, 9.17) is 26.8 Å². The zero-order valence-corrected chi connectivity index (χ0v) is 22.7. The van der Waals surface area contributed by atoms with Crippen molar-refractivity contribution in [3.8, 4) is 11.1 Å². The lowest BCUT2D eigenvalue weighted by Gasteiger charge is -2.29. The summed E-state index contributed by atoms with van der Waals surface area (Å²) in [4.78, 5) is 47.5. The molecule has 43 heavy (non-hydrogen) atoms. The summed E-state index contributed by atoms with van der Waals surface area (Å²) in [5.41, 5.74) is 4.33. The summed E-state index contributed by atoms with van der Waals surface area (Å²) in [7, 11) is 0. The Bertz CT molecular complexity index is 1720. The predicted molar refractivity (Wildman–Crippen MR) is 146 cm³/mol. The fourth-order valence-corrected chi connectivity index (χ4v) is 4.95. The van der Waals surface area contributed by atoms with Gasteiger partial charge in [-0.3, -0.25) is 4.57 Å². The standard InChI is InChI=1S/C27H23ClFN5O9/c28-25-32-20(30)18-21(33-25)34(12-31-18)27(29)11-42-17(19(27)35)10-43-26(23(38)39,24(40)41)9-13-4-6-14(7-5-13)15-2-1-3-16(8-15)22(36)37/h1-8,12,17,19,35H,9-11H2,(H,36,37)(H,38,39)(H,40,41)(H2,30,32,33)/t17-,19-,27?/m1/s1. The molecule has 1 saturated heterocycles. The Labute approximate surface area is 246 Å². The van der Waals surface area contributed by atoms with Crippen LogP contribution in [0.3, 0.4) is 0 Å². The molecule has 5 rings (SSSR count). The molecule has 1 aliphatic heterocycles. The Balaban J connectivity index is 1.35. The van der Waals surface area contributed by atoms with Crippen LogP contribution in [-0.4, -0.2) is 88.9 Å². The number of alkyl halides is 1. The van der Waals surface area contributed by atoms with Crippen LogP contribution in [0.5, 0.6) is 0 Å². The van der Waals surface area contributed by atoms with Crippen LogP contribution >= 0.6 is 11.6 Å². The van der Waals surface area contributed by atoms with E-state index in [0.717, 1.165) is 10.9 Å². The van der Waals surface area contributed by atoms with E-state index in [1.165, 1.54) is 24.3 Å². The zero-order chi connectivity index (χ0) is 31.1. The van der Waals surface area contributed by atoms with Crippen LogP contribution in [0.25, 0.3) is 22.3 Å². The number of carboxylic acid groups (broad SMARTS) is 3. The van der Waals surface area contributed by atoms with Gasteiger partial charge in [-0.25, -0.2) is 23.8 Å². The molecule has 1 aliphatic rings. The first-order chi connectivity index (χ1) is 20.4. The number of nitrogens with two attached hydrogens (primary N) is 1. The third-order valence-corrected chi connectivity index (χ3v) is 7.31. The summed E-state index contributed by atoms with van der Waals surface area (Å²) in [5, 5.41) is 39.7. The van der Waals surface area contributed by atoms with Crippen LogP contribution in [0.1, 0.15) is 15.9 Å². The van der Waals surface area contributed by atoms with Gasteiger partial charge in [0.25, 0.3) is 5.60 Å². The maximum Gasteiger partial charge on any atom is 0.348 e. The molecule has 1 fully saturated rings. The number of carboxylic acids is 3. The lowest BCUT2D eigenvalue weighted by atomic mass is 9.92. The van der Waals surface area contributed by atoms with E-state index in [1.807, 2.05) is 0 Å². The second-order valence-electron chi connectivity index (χ2n) is 9.79. The molecule has 0 radical (unpaired) electrons. The van der Waals surface area contributed by atoms with Gasteiger partial charge in [-0.1, -0.05) is 36.4 Å². The van der Waals surface area contributed by atoms with Crippen LogP contribution in [0, 0.1) is 0 Å². The number of hydrogen-bond acceptors (Lipinski definition) is 10. The van der Waals surface area contributed by atoms with Gasteiger partial charge in [0.2, 0.25) is 11.1 Å². The first-order valence-electron chi connectivity index (χ1n) is 12.5.